The van der Waals surface area contributed by atoms with Gasteiger partial charge < -0.3 is 11.1 Å². The number of hydrogen-bond acceptors (Lipinski definition) is 2. The number of amides is 1. The fraction of sp³-hybridized carbons (Fsp3) is 0.929. The highest BCUT2D eigenvalue weighted by Crippen LogP contribution is 2.25. The van der Waals surface area contributed by atoms with Crippen LogP contribution in [0.1, 0.15) is 52.9 Å². The van der Waals surface area contributed by atoms with Gasteiger partial charge in [0.15, 0.2) is 0 Å². The first-order valence-electron chi connectivity index (χ1n) is 7.07. The number of carbonyl (C=O) groups excluding carboxylic acids is 1. The SMILES string of the molecule is CCC(CC(=O)NC1CCCC1CN)C(C)C.Cl. The van der Waals surface area contributed by atoms with Gasteiger partial charge in [-0.3, -0.25) is 4.79 Å². The Morgan fingerprint density at radius 2 is 2.06 bits per heavy atom. The molecule has 0 aromatic carbocycles. The maximum absolute atomic E-state index is 12.0. The summed E-state index contributed by atoms with van der Waals surface area (Å²) < 4.78 is 0. The number of halogens is 1. The Bertz CT molecular complexity index is 246. The van der Waals surface area contributed by atoms with E-state index in [4.69, 9.17) is 5.73 Å². The van der Waals surface area contributed by atoms with Gasteiger partial charge >= 0.3 is 0 Å². The van der Waals surface area contributed by atoms with E-state index in [0.717, 1.165) is 12.8 Å². The van der Waals surface area contributed by atoms with Gasteiger partial charge in [0.1, 0.15) is 0 Å². The summed E-state index contributed by atoms with van der Waals surface area (Å²) in [5.41, 5.74) is 5.72. The summed E-state index contributed by atoms with van der Waals surface area (Å²) in [7, 11) is 0. The van der Waals surface area contributed by atoms with Gasteiger partial charge in [0.05, 0.1) is 0 Å². The fourth-order valence-electron chi connectivity index (χ4n) is 2.86. The molecule has 1 rings (SSSR count). The van der Waals surface area contributed by atoms with Crippen LogP contribution in [-0.2, 0) is 4.79 Å². The van der Waals surface area contributed by atoms with Gasteiger partial charge in [-0.05, 0) is 37.1 Å². The van der Waals surface area contributed by atoms with Crippen molar-refractivity contribution in [3.8, 4) is 0 Å². The molecule has 3 N–H and O–H groups in total. The lowest BCUT2D eigenvalue weighted by atomic mass is 9.89. The summed E-state index contributed by atoms with van der Waals surface area (Å²) in [5, 5.41) is 3.18. The molecule has 3 nitrogen and oxygen atoms in total. The molecule has 1 aliphatic rings. The molecule has 3 atom stereocenters. The predicted octanol–water partition coefficient (Wildman–Crippen LogP) is 2.72. The lowest BCUT2D eigenvalue weighted by molar-refractivity contribution is -0.123. The van der Waals surface area contributed by atoms with Gasteiger partial charge in [0.2, 0.25) is 5.91 Å². The van der Waals surface area contributed by atoms with Crippen molar-refractivity contribution in [1.82, 2.24) is 5.32 Å². The Morgan fingerprint density at radius 1 is 1.39 bits per heavy atom. The highest BCUT2D eigenvalue weighted by atomic mass is 35.5. The van der Waals surface area contributed by atoms with Crippen LogP contribution in [0.4, 0.5) is 0 Å². The molecule has 0 aromatic rings. The summed E-state index contributed by atoms with van der Waals surface area (Å²) in [4.78, 5) is 12.0. The summed E-state index contributed by atoms with van der Waals surface area (Å²) in [6, 6.07) is 0.331. The standard InChI is InChI=1S/C14H28N2O.ClH/c1-4-11(10(2)3)8-14(17)16-13-7-5-6-12(13)9-15;/h10-13H,4-9,15H2,1-3H3,(H,16,17);1H. The molecule has 4 heteroatoms. The van der Waals surface area contributed by atoms with Crippen molar-refractivity contribution in [1.29, 1.82) is 0 Å². The average molecular weight is 277 g/mol. The largest absolute Gasteiger partial charge is 0.353 e. The number of carbonyl (C=O) groups is 1. The van der Waals surface area contributed by atoms with Crippen LogP contribution in [0.5, 0.6) is 0 Å². The Balaban J connectivity index is 0.00000289. The molecule has 0 spiro atoms. The van der Waals surface area contributed by atoms with Crippen molar-refractivity contribution in [3.63, 3.8) is 0 Å². The zero-order valence-corrected chi connectivity index (χ0v) is 12.8. The highest BCUT2D eigenvalue weighted by molar-refractivity contribution is 5.85. The molecule has 0 heterocycles. The van der Waals surface area contributed by atoms with E-state index >= 15 is 0 Å². The van der Waals surface area contributed by atoms with E-state index in [9.17, 15) is 4.79 Å². The highest BCUT2D eigenvalue weighted by Gasteiger charge is 2.28. The number of hydrogen-bond donors (Lipinski definition) is 2. The maximum atomic E-state index is 12.0. The first-order valence-corrected chi connectivity index (χ1v) is 7.07. The van der Waals surface area contributed by atoms with Crippen LogP contribution in [0.25, 0.3) is 0 Å². The summed E-state index contributed by atoms with van der Waals surface area (Å²) in [6.07, 6.45) is 5.22. The number of nitrogens with one attached hydrogen (secondary N) is 1. The second kappa shape index (κ2) is 8.76. The zero-order valence-electron chi connectivity index (χ0n) is 11.9. The van der Waals surface area contributed by atoms with Crippen molar-refractivity contribution < 1.29 is 4.79 Å². The Morgan fingerprint density at radius 3 is 2.56 bits per heavy atom. The molecular formula is C14H29ClN2O. The molecule has 108 valence electrons. The topological polar surface area (TPSA) is 55.1 Å². The molecule has 0 radical (unpaired) electrons. The van der Waals surface area contributed by atoms with E-state index < -0.39 is 0 Å². The summed E-state index contributed by atoms with van der Waals surface area (Å²) in [6.45, 7) is 7.25. The number of nitrogens with two attached hydrogens (primary N) is 1. The Kier molecular flexibility index (Phi) is 8.62. The minimum absolute atomic E-state index is 0. The molecule has 0 saturated heterocycles. The van der Waals surface area contributed by atoms with Crippen LogP contribution in [0.2, 0.25) is 0 Å². The Hall–Kier alpha value is -0.280. The van der Waals surface area contributed by atoms with Gasteiger partial charge in [0, 0.05) is 12.5 Å². The van der Waals surface area contributed by atoms with Crippen molar-refractivity contribution >= 4 is 18.3 Å². The first kappa shape index (κ1) is 17.7. The number of rotatable bonds is 6. The van der Waals surface area contributed by atoms with Crippen LogP contribution in [0.3, 0.4) is 0 Å². The molecule has 1 amide bonds. The van der Waals surface area contributed by atoms with Crippen LogP contribution >= 0.6 is 12.4 Å². The minimum atomic E-state index is 0. The molecule has 1 fully saturated rings. The van der Waals surface area contributed by atoms with Gasteiger partial charge in [0.25, 0.3) is 0 Å². The second-order valence-electron chi connectivity index (χ2n) is 5.72. The van der Waals surface area contributed by atoms with Gasteiger partial charge in [-0.1, -0.05) is 33.6 Å². The lowest BCUT2D eigenvalue weighted by Gasteiger charge is -2.23. The maximum Gasteiger partial charge on any atom is 0.220 e. The Labute approximate surface area is 118 Å². The van der Waals surface area contributed by atoms with E-state index in [1.807, 2.05) is 0 Å². The van der Waals surface area contributed by atoms with Crippen molar-refractivity contribution in [2.75, 3.05) is 6.54 Å². The summed E-state index contributed by atoms with van der Waals surface area (Å²) in [5.74, 6) is 1.81. The third-order valence-electron chi connectivity index (χ3n) is 4.22. The zero-order chi connectivity index (χ0) is 12.8. The van der Waals surface area contributed by atoms with Crippen molar-refractivity contribution in [2.45, 2.75) is 58.9 Å². The van der Waals surface area contributed by atoms with E-state index in [1.54, 1.807) is 0 Å². The molecule has 0 bridgehead atoms. The van der Waals surface area contributed by atoms with Crippen LogP contribution in [0, 0.1) is 17.8 Å². The van der Waals surface area contributed by atoms with Crippen molar-refractivity contribution in [2.24, 2.45) is 23.5 Å². The third kappa shape index (κ3) is 5.15. The molecule has 1 saturated carbocycles. The van der Waals surface area contributed by atoms with Gasteiger partial charge in [-0.2, -0.15) is 0 Å². The van der Waals surface area contributed by atoms with Gasteiger partial charge in [-0.25, -0.2) is 0 Å². The molecular weight excluding hydrogens is 248 g/mol. The molecule has 0 aromatic heterocycles. The molecule has 18 heavy (non-hydrogen) atoms. The smallest absolute Gasteiger partial charge is 0.220 e. The monoisotopic (exact) mass is 276 g/mol. The fourth-order valence-corrected chi connectivity index (χ4v) is 2.86. The predicted molar refractivity (Wildman–Crippen MR) is 78.8 cm³/mol. The molecule has 0 aliphatic heterocycles. The van der Waals surface area contributed by atoms with Crippen LogP contribution in [-0.4, -0.2) is 18.5 Å². The summed E-state index contributed by atoms with van der Waals surface area (Å²) >= 11 is 0. The quantitative estimate of drug-likeness (QED) is 0.784. The van der Waals surface area contributed by atoms with E-state index in [1.165, 1.54) is 12.8 Å². The second-order valence-corrected chi connectivity index (χ2v) is 5.72. The third-order valence-corrected chi connectivity index (χ3v) is 4.22. The first-order chi connectivity index (χ1) is 8.08. The normalized spacial score (nSPS) is 24.7. The molecule has 3 unspecified atom stereocenters. The van der Waals surface area contributed by atoms with Crippen LogP contribution in [0.15, 0.2) is 0 Å². The van der Waals surface area contributed by atoms with Gasteiger partial charge in [-0.15, -0.1) is 12.4 Å². The lowest BCUT2D eigenvalue weighted by Crippen LogP contribution is -2.40. The van der Waals surface area contributed by atoms with E-state index in [-0.39, 0.29) is 18.3 Å². The van der Waals surface area contributed by atoms with E-state index in [2.05, 4.69) is 26.1 Å². The van der Waals surface area contributed by atoms with E-state index in [0.29, 0.717) is 36.8 Å². The minimum Gasteiger partial charge on any atom is -0.353 e. The molecule has 1 aliphatic carbocycles. The van der Waals surface area contributed by atoms with Crippen molar-refractivity contribution in [3.05, 3.63) is 0 Å². The average Bonchev–Trinajstić information content (AvgIpc) is 2.72. The van der Waals surface area contributed by atoms with Crippen LogP contribution < -0.4 is 11.1 Å².